The van der Waals surface area contributed by atoms with Crippen molar-refractivity contribution < 1.29 is 34.2 Å². The number of hydrogen-bond acceptors (Lipinski definition) is 10. The molecular formula is C44H50N8O7. The Morgan fingerprint density at radius 2 is 1.64 bits per heavy atom. The molecule has 4 atom stereocenters. The molecule has 15 nitrogen and oxygen atoms in total. The van der Waals surface area contributed by atoms with E-state index in [-0.39, 0.29) is 59.7 Å². The van der Waals surface area contributed by atoms with E-state index in [0.717, 1.165) is 16.9 Å². The third-order valence-electron chi connectivity index (χ3n) is 10.1. The number of nitriles is 1. The molecule has 1 aliphatic rings. The molecule has 0 unspecified atom stereocenters. The Hall–Kier alpha value is -6.79. The van der Waals surface area contributed by atoms with Gasteiger partial charge in [-0.15, -0.1) is 0 Å². The van der Waals surface area contributed by atoms with E-state index in [1.807, 2.05) is 18.2 Å². The number of nitrogens with one attached hydrogen (secondary N) is 4. The molecule has 1 aromatic heterocycles. The van der Waals surface area contributed by atoms with Crippen LogP contribution in [-0.2, 0) is 32.0 Å². The first-order valence-electron chi connectivity index (χ1n) is 19.4. The third kappa shape index (κ3) is 10.4. The summed E-state index contributed by atoms with van der Waals surface area (Å²) in [5, 5.41) is 41.4. The lowest BCUT2D eigenvalue weighted by molar-refractivity contribution is -0.141. The van der Waals surface area contributed by atoms with Gasteiger partial charge in [-0.1, -0.05) is 50.2 Å². The van der Waals surface area contributed by atoms with Crippen LogP contribution in [0.25, 0.3) is 22.4 Å². The summed E-state index contributed by atoms with van der Waals surface area (Å²) in [5.74, 6) is -3.41. The Morgan fingerprint density at radius 1 is 0.966 bits per heavy atom. The Labute approximate surface area is 343 Å². The van der Waals surface area contributed by atoms with E-state index in [2.05, 4.69) is 52.2 Å². The van der Waals surface area contributed by atoms with E-state index in [9.17, 15) is 34.2 Å². The van der Waals surface area contributed by atoms with Crippen LogP contribution in [0.1, 0.15) is 66.0 Å². The molecule has 0 fully saturated rings. The maximum atomic E-state index is 14.4. The molecule has 0 saturated heterocycles. The number of aromatic hydroxyl groups is 2. The summed E-state index contributed by atoms with van der Waals surface area (Å²) < 4.78 is 0. The number of carbonyl (C=O) groups is 5. The molecule has 2 heterocycles. The number of phenols is 2. The summed E-state index contributed by atoms with van der Waals surface area (Å²) >= 11 is 0. The highest BCUT2D eigenvalue weighted by Gasteiger charge is 2.36. The van der Waals surface area contributed by atoms with Gasteiger partial charge in [0.1, 0.15) is 42.2 Å². The zero-order valence-corrected chi connectivity index (χ0v) is 33.7. The third-order valence-corrected chi connectivity index (χ3v) is 10.1. The predicted octanol–water partition coefficient (Wildman–Crippen LogP) is 3.17. The lowest BCUT2D eigenvalue weighted by Crippen LogP contribution is -2.56. The average molecular weight is 803 g/mol. The van der Waals surface area contributed by atoms with Gasteiger partial charge in [-0.2, -0.15) is 5.26 Å². The van der Waals surface area contributed by atoms with Gasteiger partial charge in [0, 0.05) is 30.2 Å². The normalized spacial score (nSPS) is 17.1. The fourth-order valence-electron chi connectivity index (χ4n) is 7.04. The van der Waals surface area contributed by atoms with Crippen LogP contribution in [0.3, 0.4) is 0 Å². The predicted molar refractivity (Wildman–Crippen MR) is 220 cm³/mol. The summed E-state index contributed by atoms with van der Waals surface area (Å²) in [5.41, 5.74) is 10.4. The molecule has 5 amide bonds. The summed E-state index contributed by atoms with van der Waals surface area (Å²) in [4.78, 5) is 74.7. The number of nitrogens with zero attached hydrogens (tertiary/aromatic N) is 3. The highest BCUT2D eigenvalue weighted by atomic mass is 16.3. The van der Waals surface area contributed by atoms with Crippen LogP contribution in [0, 0.1) is 24.2 Å². The number of hydrogen-bond donors (Lipinski definition) is 7. The van der Waals surface area contributed by atoms with Crippen molar-refractivity contribution in [1.82, 2.24) is 31.2 Å². The summed E-state index contributed by atoms with van der Waals surface area (Å²) in [6.45, 7) is 7.11. The van der Waals surface area contributed by atoms with Gasteiger partial charge in [0.15, 0.2) is 0 Å². The van der Waals surface area contributed by atoms with Gasteiger partial charge < -0.3 is 42.1 Å². The number of aromatic nitrogens is 1. The zero-order chi connectivity index (χ0) is 43.0. The maximum Gasteiger partial charge on any atom is 0.253 e. The number of fused-ring (bicyclic) bond motifs is 5. The molecule has 4 aromatic rings. The quantitative estimate of drug-likeness (QED) is 0.109. The average Bonchev–Trinajstić information content (AvgIpc) is 3.20. The second-order valence-corrected chi connectivity index (χ2v) is 15.1. The molecule has 4 bridgehead atoms. The molecule has 0 radical (unpaired) electrons. The molecule has 8 N–H and O–H groups in total. The summed E-state index contributed by atoms with van der Waals surface area (Å²) in [6.07, 6.45) is 0.900. The number of benzene rings is 3. The van der Waals surface area contributed by atoms with Crippen molar-refractivity contribution in [3.05, 3.63) is 101 Å². The van der Waals surface area contributed by atoms with Crippen LogP contribution in [-0.4, -0.2) is 87.9 Å². The number of phenolic OH excluding ortho intramolecular Hbond substituents is 2. The van der Waals surface area contributed by atoms with Crippen LogP contribution >= 0.6 is 0 Å². The van der Waals surface area contributed by atoms with Crippen LogP contribution in [0.4, 0.5) is 0 Å². The molecule has 0 aliphatic carbocycles. The summed E-state index contributed by atoms with van der Waals surface area (Å²) in [6, 6.07) is 16.9. The van der Waals surface area contributed by atoms with E-state index >= 15 is 0 Å². The molecule has 308 valence electrons. The standard InChI is InChI=1S/C44H50N8O7/c1-24(2)20-27-6-9-29(10-7-27)34-13-12-31(25(3)48-34)41(56)50-35(16-17-45)44(59)52(5)39-30-11-15-38(54)33(23-30)32-21-28(8-14-37(32)53)22-36(42(57)47-19-18-46)51-40(55)26(4)49-43(39)58/h6-15,21,23-24,26,35-36,39,53-54H,16-17,19-20,22,45H2,1-5H3,(H,47,57)(H,49,58)(H,50,56)(H,51,55)/t26-,35-,36-,39-/m0/s1. The van der Waals surface area contributed by atoms with E-state index in [0.29, 0.717) is 22.9 Å². The fraction of sp³-hybridized carbons (Fsp3) is 0.341. The lowest BCUT2D eigenvalue weighted by atomic mass is 9.93. The molecule has 5 rings (SSSR count). The number of aryl methyl sites for hydroxylation is 1. The van der Waals surface area contributed by atoms with Crippen molar-refractivity contribution in [2.24, 2.45) is 11.7 Å². The minimum atomic E-state index is -1.44. The largest absolute Gasteiger partial charge is 0.507 e. The van der Waals surface area contributed by atoms with E-state index in [1.54, 1.807) is 25.1 Å². The van der Waals surface area contributed by atoms with Crippen molar-refractivity contribution in [3.63, 3.8) is 0 Å². The highest BCUT2D eigenvalue weighted by molar-refractivity contribution is 6.00. The minimum absolute atomic E-state index is 0.00363. The second-order valence-electron chi connectivity index (χ2n) is 15.1. The van der Waals surface area contributed by atoms with Gasteiger partial charge in [0.2, 0.25) is 23.6 Å². The Bertz CT molecular complexity index is 2270. The Morgan fingerprint density at radius 3 is 2.29 bits per heavy atom. The van der Waals surface area contributed by atoms with Gasteiger partial charge in [0.05, 0.1) is 23.0 Å². The van der Waals surface area contributed by atoms with E-state index < -0.39 is 53.7 Å². The number of rotatable bonds is 11. The maximum absolute atomic E-state index is 14.4. The molecule has 3 aromatic carbocycles. The highest BCUT2D eigenvalue weighted by Crippen LogP contribution is 2.39. The fourth-order valence-corrected chi connectivity index (χ4v) is 7.04. The van der Waals surface area contributed by atoms with Crippen molar-refractivity contribution in [1.29, 1.82) is 5.26 Å². The van der Waals surface area contributed by atoms with Crippen molar-refractivity contribution in [3.8, 4) is 40.0 Å². The number of likely N-dealkylation sites (N-methyl/N-ethyl adjacent to an activating group) is 1. The van der Waals surface area contributed by atoms with Crippen LogP contribution in [0.15, 0.2) is 72.8 Å². The number of carbonyl (C=O) groups excluding carboxylic acids is 5. The minimum Gasteiger partial charge on any atom is -0.507 e. The SMILES string of the molecule is Cc1nc(-c2ccc(CC(C)C)cc2)ccc1C(=O)N[C@@H](CCN)C(=O)N(C)[C@@H]1C(=O)N[C@@H](C)C(=O)N[C@H](C(=O)NCC#N)Cc2ccc(O)c(c2)-c2cc1ccc2O. The second kappa shape index (κ2) is 19.1. The monoisotopic (exact) mass is 802 g/mol. The van der Waals surface area contributed by atoms with E-state index in [4.69, 9.17) is 11.0 Å². The van der Waals surface area contributed by atoms with Crippen LogP contribution in [0.5, 0.6) is 11.5 Å². The van der Waals surface area contributed by atoms with Crippen molar-refractivity contribution >= 4 is 29.5 Å². The molecular weight excluding hydrogens is 753 g/mol. The Balaban J connectivity index is 1.47. The summed E-state index contributed by atoms with van der Waals surface area (Å²) in [7, 11) is 1.37. The van der Waals surface area contributed by atoms with Gasteiger partial charge in [0.25, 0.3) is 5.91 Å². The van der Waals surface area contributed by atoms with Crippen molar-refractivity contribution in [2.45, 2.75) is 71.1 Å². The van der Waals surface area contributed by atoms with Gasteiger partial charge in [-0.3, -0.25) is 29.0 Å². The smallest absolute Gasteiger partial charge is 0.253 e. The first-order chi connectivity index (χ1) is 28.1. The number of nitrogens with two attached hydrogens (primary N) is 1. The zero-order valence-electron chi connectivity index (χ0n) is 33.7. The first-order valence-corrected chi connectivity index (χ1v) is 19.4. The van der Waals surface area contributed by atoms with Crippen molar-refractivity contribution in [2.75, 3.05) is 20.1 Å². The van der Waals surface area contributed by atoms with E-state index in [1.165, 1.54) is 49.9 Å². The molecule has 59 heavy (non-hydrogen) atoms. The molecule has 0 saturated carbocycles. The number of amides is 5. The van der Waals surface area contributed by atoms with Gasteiger partial charge >= 0.3 is 0 Å². The van der Waals surface area contributed by atoms with Gasteiger partial charge in [-0.25, -0.2) is 0 Å². The molecule has 1 aliphatic heterocycles. The molecule has 0 spiro atoms. The number of pyridine rings is 1. The Kier molecular flexibility index (Phi) is 14.0. The first kappa shape index (κ1) is 43.3. The lowest BCUT2D eigenvalue weighted by Gasteiger charge is -2.32. The van der Waals surface area contributed by atoms with Gasteiger partial charge in [-0.05, 0) is 92.2 Å². The topological polar surface area (TPSA) is 240 Å². The van der Waals surface area contributed by atoms with Crippen LogP contribution < -0.4 is 27.0 Å². The molecule has 15 heteroatoms. The van der Waals surface area contributed by atoms with Crippen LogP contribution in [0.2, 0.25) is 0 Å².